The fraction of sp³-hybridized carbons (Fsp3) is 0.316. The number of rotatable bonds is 8. The van der Waals surface area contributed by atoms with Crippen LogP contribution in [0.2, 0.25) is 0 Å². The molecule has 0 aliphatic heterocycles. The molecule has 0 bridgehead atoms. The number of hydrogen-bond acceptors (Lipinski definition) is 4. The number of benzene rings is 2. The minimum atomic E-state index is -3.66. The van der Waals surface area contributed by atoms with Crippen LogP contribution in [0.4, 0.5) is 5.69 Å². The van der Waals surface area contributed by atoms with Crippen molar-refractivity contribution in [1.29, 1.82) is 0 Å². The Balaban J connectivity index is 2.37. The summed E-state index contributed by atoms with van der Waals surface area (Å²) in [4.78, 5) is 14.0. The van der Waals surface area contributed by atoms with Gasteiger partial charge in [0, 0.05) is 38.6 Å². The Morgan fingerprint density at radius 3 is 2.23 bits per heavy atom. The number of hydrogen-bond donors (Lipinski definition) is 1. The number of carbonyl (C=O) groups is 1. The highest BCUT2D eigenvalue weighted by molar-refractivity contribution is 7.91. The Bertz CT molecular complexity index is 822. The Morgan fingerprint density at radius 1 is 1.08 bits per heavy atom. The summed E-state index contributed by atoms with van der Waals surface area (Å²) in [7, 11) is 0.173. The Labute approximate surface area is 159 Å². The van der Waals surface area contributed by atoms with Gasteiger partial charge in [-0.15, -0.1) is 11.6 Å². The lowest BCUT2D eigenvalue weighted by molar-refractivity contribution is -0.120. The van der Waals surface area contributed by atoms with E-state index in [4.69, 9.17) is 11.6 Å². The highest BCUT2D eigenvalue weighted by atomic mass is 35.5. The first-order valence-electron chi connectivity index (χ1n) is 8.25. The Hall–Kier alpha value is -2.05. The molecule has 0 fully saturated rings. The van der Waals surface area contributed by atoms with Gasteiger partial charge in [-0.2, -0.15) is 0 Å². The predicted molar refractivity (Wildman–Crippen MR) is 105 cm³/mol. The summed E-state index contributed by atoms with van der Waals surface area (Å²) in [5.74, 6) is -0.0717. The van der Waals surface area contributed by atoms with E-state index in [-0.39, 0.29) is 29.6 Å². The van der Waals surface area contributed by atoms with Gasteiger partial charge in [0.1, 0.15) is 5.25 Å². The van der Waals surface area contributed by atoms with Crippen LogP contribution in [0, 0.1) is 0 Å². The van der Waals surface area contributed by atoms with Crippen LogP contribution in [0.1, 0.15) is 17.2 Å². The SMILES string of the molecule is CN(C)c1ccc([C@H](CNC(=O)CCCl)S(=O)(=O)c2ccccc2)cc1. The molecule has 0 aliphatic carbocycles. The van der Waals surface area contributed by atoms with E-state index in [0.29, 0.717) is 5.56 Å². The lowest BCUT2D eigenvalue weighted by atomic mass is 10.1. The average molecular weight is 395 g/mol. The number of nitrogens with zero attached hydrogens (tertiary/aromatic N) is 1. The van der Waals surface area contributed by atoms with Gasteiger partial charge in [0.05, 0.1) is 4.90 Å². The van der Waals surface area contributed by atoms with Gasteiger partial charge in [0.15, 0.2) is 9.84 Å². The molecule has 0 spiro atoms. The quantitative estimate of drug-likeness (QED) is 0.699. The molecule has 1 N–H and O–H groups in total. The molecule has 2 aromatic carbocycles. The van der Waals surface area contributed by atoms with Crippen LogP contribution in [0.3, 0.4) is 0 Å². The predicted octanol–water partition coefficient (Wildman–Crippen LogP) is 3.01. The number of alkyl halides is 1. The molecular formula is C19H23ClN2O3S. The third kappa shape index (κ3) is 4.99. The summed E-state index contributed by atoms with van der Waals surface area (Å²) in [6.45, 7) is -0.00569. The zero-order valence-electron chi connectivity index (χ0n) is 14.9. The second-order valence-corrected chi connectivity index (χ2v) is 8.58. The lowest BCUT2D eigenvalue weighted by Gasteiger charge is -2.20. The third-order valence-electron chi connectivity index (χ3n) is 4.03. The summed E-state index contributed by atoms with van der Waals surface area (Å²) in [6.07, 6.45) is 0.152. The van der Waals surface area contributed by atoms with Crippen molar-refractivity contribution in [2.45, 2.75) is 16.6 Å². The summed E-state index contributed by atoms with van der Waals surface area (Å²) >= 11 is 5.58. The van der Waals surface area contributed by atoms with Crippen LogP contribution in [0.15, 0.2) is 59.5 Å². The Morgan fingerprint density at radius 2 is 1.69 bits per heavy atom. The van der Waals surface area contributed by atoms with Gasteiger partial charge in [-0.3, -0.25) is 4.79 Å². The van der Waals surface area contributed by atoms with Crippen molar-refractivity contribution in [3.8, 4) is 0 Å². The largest absolute Gasteiger partial charge is 0.378 e. The van der Waals surface area contributed by atoms with Gasteiger partial charge in [0.25, 0.3) is 0 Å². The molecule has 140 valence electrons. The minimum Gasteiger partial charge on any atom is -0.378 e. The smallest absolute Gasteiger partial charge is 0.221 e. The molecule has 0 unspecified atom stereocenters. The number of anilines is 1. The second kappa shape index (κ2) is 9.05. The van der Waals surface area contributed by atoms with Crippen molar-refractivity contribution in [3.63, 3.8) is 0 Å². The fourth-order valence-corrected chi connectivity index (χ4v) is 4.40. The van der Waals surface area contributed by atoms with E-state index in [2.05, 4.69) is 5.32 Å². The molecule has 7 heteroatoms. The molecule has 5 nitrogen and oxygen atoms in total. The molecule has 0 aliphatic rings. The van der Waals surface area contributed by atoms with E-state index in [0.717, 1.165) is 5.69 Å². The molecule has 0 saturated carbocycles. The molecule has 0 heterocycles. The molecule has 0 radical (unpaired) electrons. The monoisotopic (exact) mass is 394 g/mol. The third-order valence-corrected chi connectivity index (χ3v) is 6.34. The van der Waals surface area contributed by atoms with Gasteiger partial charge >= 0.3 is 0 Å². The van der Waals surface area contributed by atoms with Crippen molar-refractivity contribution in [1.82, 2.24) is 5.32 Å². The number of amides is 1. The molecule has 0 saturated heterocycles. The highest BCUT2D eigenvalue weighted by Gasteiger charge is 2.29. The number of nitrogens with one attached hydrogen (secondary N) is 1. The number of halogens is 1. The van der Waals surface area contributed by atoms with Crippen molar-refractivity contribution in [2.75, 3.05) is 31.4 Å². The van der Waals surface area contributed by atoms with Crippen molar-refractivity contribution >= 4 is 33.0 Å². The molecular weight excluding hydrogens is 372 g/mol. The van der Waals surface area contributed by atoms with Crippen molar-refractivity contribution in [2.24, 2.45) is 0 Å². The fourth-order valence-electron chi connectivity index (χ4n) is 2.55. The van der Waals surface area contributed by atoms with E-state index >= 15 is 0 Å². The summed E-state index contributed by atoms with van der Waals surface area (Å²) in [5, 5.41) is 1.81. The standard InChI is InChI=1S/C19H23ClN2O3S/c1-22(2)16-10-8-15(9-11-16)18(14-21-19(23)12-13-20)26(24,25)17-6-4-3-5-7-17/h3-11,18H,12-14H2,1-2H3,(H,21,23)/t18-/m0/s1. The maximum Gasteiger partial charge on any atom is 0.221 e. The molecule has 1 atom stereocenters. The first kappa shape index (κ1) is 20.3. The van der Waals surface area contributed by atoms with Crippen molar-refractivity contribution < 1.29 is 13.2 Å². The minimum absolute atomic E-state index is 0.00569. The number of sulfone groups is 1. The van der Waals surface area contributed by atoms with Crippen LogP contribution in [0.5, 0.6) is 0 Å². The maximum atomic E-state index is 13.1. The van der Waals surface area contributed by atoms with Crippen LogP contribution in [-0.4, -0.2) is 40.8 Å². The van der Waals surface area contributed by atoms with E-state index < -0.39 is 15.1 Å². The van der Waals surface area contributed by atoms with Crippen LogP contribution >= 0.6 is 11.6 Å². The Kier molecular flexibility index (Phi) is 7.06. The normalized spacial score (nSPS) is 12.4. The van der Waals surface area contributed by atoms with Gasteiger partial charge in [-0.25, -0.2) is 8.42 Å². The molecule has 0 aromatic heterocycles. The molecule has 26 heavy (non-hydrogen) atoms. The molecule has 2 aromatic rings. The first-order chi connectivity index (χ1) is 12.4. The second-order valence-electron chi connectivity index (χ2n) is 6.08. The van der Waals surface area contributed by atoms with Crippen LogP contribution in [-0.2, 0) is 14.6 Å². The number of carbonyl (C=O) groups excluding carboxylic acids is 1. The van der Waals surface area contributed by atoms with Crippen molar-refractivity contribution in [3.05, 3.63) is 60.2 Å². The van der Waals surface area contributed by atoms with Gasteiger partial charge in [-0.05, 0) is 29.8 Å². The van der Waals surface area contributed by atoms with E-state index in [1.807, 2.05) is 31.1 Å². The lowest BCUT2D eigenvalue weighted by Crippen LogP contribution is -2.32. The highest BCUT2D eigenvalue weighted by Crippen LogP contribution is 2.29. The zero-order valence-corrected chi connectivity index (χ0v) is 16.4. The molecule has 1 amide bonds. The summed E-state index contributed by atoms with van der Waals surface area (Å²) < 4.78 is 26.3. The zero-order chi connectivity index (χ0) is 19.2. The van der Waals surface area contributed by atoms with Crippen LogP contribution < -0.4 is 10.2 Å². The van der Waals surface area contributed by atoms with Gasteiger partial charge in [0.2, 0.25) is 5.91 Å². The first-order valence-corrected chi connectivity index (χ1v) is 10.3. The van der Waals surface area contributed by atoms with Crippen LogP contribution in [0.25, 0.3) is 0 Å². The van der Waals surface area contributed by atoms with E-state index in [9.17, 15) is 13.2 Å². The van der Waals surface area contributed by atoms with E-state index in [1.165, 1.54) is 0 Å². The maximum absolute atomic E-state index is 13.1. The molecule has 2 rings (SSSR count). The average Bonchev–Trinajstić information content (AvgIpc) is 2.63. The summed E-state index contributed by atoms with van der Waals surface area (Å²) in [6, 6.07) is 15.6. The topological polar surface area (TPSA) is 66.5 Å². The van der Waals surface area contributed by atoms with Gasteiger partial charge in [-0.1, -0.05) is 30.3 Å². The van der Waals surface area contributed by atoms with Gasteiger partial charge < -0.3 is 10.2 Å². The van der Waals surface area contributed by atoms with E-state index in [1.54, 1.807) is 42.5 Å². The summed E-state index contributed by atoms with van der Waals surface area (Å²) in [5.41, 5.74) is 1.60.